The highest BCUT2D eigenvalue weighted by Crippen LogP contribution is 2.15. The van der Waals surface area contributed by atoms with Crippen molar-refractivity contribution in [1.29, 1.82) is 0 Å². The summed E-state index contributed by atoms with van der Waals surface area (Å²) in [6.45, 7) is 5.16. The minimum atomic E-state index is -0.156. The van der Waals surface area contributed by atoms with E-state index in [4.69, 9.17) is 0 Å². The van der Waals surface area contributed by atoms with Crippen molar-refractivity contribution in [1.82, 2.24) is 10.6 Å². The molecular weight excluding hydrogens is 236 g/mol. The van der Waals surface area contributed by atoms with Gasteiger partial charge in [-0.2, -0.15) is 0 Å². The van der Waals surface area contributed by atoms with Crippen molar-refractivity contribution in [2.75, 3.05) is 6.54 Å². The van der Waals surface area contributed by atoms with E-state index in [1.165, 1.54) is 5.56 Å². The molecule has 0 spiro atoms. The Morgan fingerprint density at radius 1 is 1.37 bits per heavy atom. The van der Waals surface area contributed by atoms with Crippen LogP contribution in [0.2, 0.25) is 0 Å². The maximum Gasteiger partial charge on any atom is 0.237 e. The molecule has 2 N–H and O–H groups in total. The highest BCUT2D eigenvalue weighted by atomic mass is 16.2. The number of carbonyl (C=O) groups is 1. The number of aryl methyl sites for hydroxylation is 1. The molecule has 104 valence electrons. The summed E-state index contributed by atoms with van der Waals surface area (Å²) in [5.74, 6) is 0.149. The van der Waals surface area contributed by atoms with Gasteiger partial charge in [0.15, 0.2) is 0 Å². The summed E-state index contributed by atoms with van der Waals surface area (Å²) in [5, 5.41) is 6.41. The predicted molar refractivity (Wildman–Crippen MR) is 78.0 cm³/mol. The molecule has 2 rings (SSSR count). The fourth-order valence-electron chi connectivity index (χ4n) is 2.49. The first-order valence-electron chi connectivity index (χ1n) is 7.16. The molecule has 0 aliphatic carbocycles. The van der Waals surface area contributed by atoms with Crippen molar-refractivity contribution in [3.05, 3.63) is 35.9 Å². The first-order valence-corrected chi connectivity index (χ1v) is 7.16. The van der Waals surface area contributed by atoms with Crippen LogP contribution in [0.25, 0.3) is 0 Å². The zero-order valence-corrected chi connectivity index (χ0v) is 11.9. The summed E-state index contributed by atoms with van der Waals surface area (Å²) in [5.41, 5.74) is 1.17. The smallest absolute Gasteiger partial charge is 0.237 e. The molecule has 1 aromatic rings. The molecule has 3 heteroatoms. The molecule has 1 heterocycles. The van der Waals surface area contributed by atoms with Gasteiger partial charge in [0.2, 0.25) is 5.91 Å². The molecule has 1 atom stereocenters. The molecule has 0 bridgehead atoms. The molecule has 1 aliphatic heterocycles. The Bertz CT molecular complexity index is 408. The van der Waals surface area contributed by atoms with Gasteiger partial charge in [0.05, 0.1) is 6.04 Å². The molecule has 0 aromatic heterocycles. The Kier molecular flexibility index (Phi) is 4.59. The van der Waals surface area contributed by atoms with E-state index < -0.39 is 0 Å². The van der Waals surface area contributed by atoms with Crippen LogP contribution in [0.4, 0.5) is 0 Å². The highest BCUT2D eigenvalue weighted by molar-refractivity contribution is 5.82. The van der Waals surface area contributed by atoms with E-state index in [2.05, 4.69) is 48.7 Å². The lowest BCUT2D eigenvalue weighted by Crippen LogP contribution is -2.50. The van der Waals surface area contributed by atoms with Gasteiger partial charge in [-0.15, -0.1) is 0 Å². The minimum Gasteiger partial charge on any atom is -0.350 e. The number of carbonyl (C=O) groups excluding carboxylic acids is 1. The average Bonchev–Trinajstić information content (AvgIpc) is 2.91. The second-order valence-electron chi connectivity index (χ2n) is 6.01. The van der Waals surface area contributed by atoms with E-state index in [0.29, 0.717) is 0 Å². The van der Waals surface area contributed by atoms with Gasteiger partial charge in [0, 0.05) is 5.54 Å². The zero-order chi connectivity index (χ0) is 13.7. The first kappa shape index (κ1) is 14.1. The molecule has 19 heavy (non-hydrogen) atoms. The second-order valence-corrected chi connectivity index (χ2v) is 6.01. The summed E-state index contributed by atoms with van der Waals surface area (Å²) < 4.78 is 0. The molecule has 3 nitrogen and oxygen atoms in total. The fourth-order valence-corrected chi connectivity index (χ4v) is 2.49. The van der Waals surface area contributed by atoms with Crippen LogP contribution >= 0.6 is 0 Å². The molecule has 1 fully saturated rings. The molecule has 0 saturated carbocycles. The minimum absolute atomic E-state index is 0.0102. The van der Waals surface area contributed by atoms with E-state index >= 15 is 0 Å². The lowest BCUT2D eigenvalue weighted by molar-refractivity contribution is -0.124. The molecule has 0 radical (unpaired) electrons. The van der Waals surface area contributed by atoms with Gasteiger partial charge >= 0.3 is 0 Å². The van der Waals surface area contributed by atoms with Crippen molar-refractivity contribution in [2.24, 2.45) is 0 Å². The Labute approximate surface area is 115 Å². The number of nitrogens with one attached hydrogen (secondary N) is 2. The van der Waals surface area contributed by atoms with Crippen molar-refractivity contribution >= 4 is 5.91 Å². The van der Waals surface area contributed by atoms with E-state index in [1.54, 1.807) is 0 Å². The van der Waals surface area contributed by atoms with Gasteiger partial charge in [-0.1, -0.05) is 30.3 Å². The number of benzene rings is 1. The Morgan fingerprint density at radius 2 is 2.11 bits per heavy atom. The van der Waals surface area contributed by atoms with E-state index in [1.807, 2.05) is 6.07 Å². The lowest BCUT2D eigenvalue weighted by atomic mass is 9.94. The standard InChI is InChI=1S/C16H24N2O/c1-16(2,11-10-13-7-4-3-5-8-13)18-15(19)14-9-6-12-17-14/h3-5,7-8,14,17H,6,9-12H2,1-2H3,(H,18,19)/t14-/m0/s1. The Balaban J connectivity index is 1.82. The fraction of sp³-hybridized carbons (Fsp3) is 0.562. The topological polar surface area (TPSA) is 41.1 Å². The SMILES string of the molecule is CC(C)(CCc1ccccc1)NC(=O)[C@@H]1CCCN1. The van der Waals surface area contributed by atoms with Gasteiger partial charge in [-0.05, 0) is 51.6 Å². The van der Waals surface area contributed by atoms with Crippen LogP contribution in [0.3, 0.4) is 0 Å². The molecular formula is C16H24N2O. The monoisotopic (exact) mass is 260 g/mol. The summed E-state index contributed by atoms with van der Waals surface area (Å²) in [4.78, 5) is 12.1. The summed E-state index contributed by atoms with van der Waals surface area (Å²) >= 11 is 0. The van der Waals surface area contributed by atoms with Crippen molar-refractivity contribution in [3.63, 3.8) is 0 Å². The van der Waals surface area contributed by atoms with Crippen LogP contribution in [0.1, 0.15) is 38.7 Å². The Hall–Kier alpha value is -1.35. The van der Waals surface area contributed by atoms with Crippen molar-refractivity contribution in [3.8, 4) is 0 Å². The predicted octanol–water partition coefficient (Wildman–Crippen LogP) is 2.27. The van der Waals surface area contributed by atoms with E-state index in [-0.39, 0.29) is 17.5 Å². The molecule has 1 amide bonds. The van der Waals surface area contributed by atoms with Crippen LogP contribution in [0.15, 0.2) is 30.3 Å². The van der Waals surface area contributed by atoms with Crippen LogP contribution in [0, 0.1) is 0 Å². The highest BCUT2D eigenvalue weighted by Gasteiger charge is 2.27. The first-order chi connectivity index (χ1) is 9.07. The maximum absolute atomic E-state index is 12.1. The largest absolute Gasteiger partial charge is 0.350 e. The summed E-state index contributed by atoms with van der Waals surface area (Å²) in [6, 6.07) is 10.4. The van der Waals surface area contributed by atoms with Crippen LogP contribution in [0.5, 0.6) is 0 Å². The van der Waals surface area contributed by atoms with E-state index in [9.17, 15) is 4.79 Å². The van der Waals surface area contributed by atoms with Crippen LogP contribution < -0.4 is 10.6 Å². The third-order valence-electron chi connectivity index (χ3n) is 3.72. The van der Waals surface area contributed by atoms with Gasteiger partial charge in [0.1, 0.15) is 0 Å². The number of hydrogen-bond acceptors (Lipinski definition) is 2. The third kappa shape index (κ3) is 4.35. The average molecular weight is 260 g/mol. The Morgan fingerprint density at radius 3 is 2.74 bits per heavy atom. The second kappa shape index (κ2) is 6.20. The summed E-state index contributed by atoms with van der Waals surface area (Å²) in [6.07, 6.45) is 4.00. The normalized spacial score (nSPS) is 19.4. The quantitative estimate of drug-likeness (QED) is 0.852. The third-order valence-corrected chi connectivity index (χ3v) is 3.72. The summed E-state index contributed by atoms with van der Waals surface area (Å²) in [7, 11) is 0. The van der Waals surface area contributed by atoms with Gasteiger partial charge < -0.3 is 10.6 Å². The molecule has 1 aliphatic rings. The number of hydrogen-bond donors (Lipinski definition) is 2. The number of rotatable bonds is 5. The maximum atomic E-state index is 12.1. The van der Waals surface area contributed by atoms with Crippen molar-refractivity contribution < 1.29 is 4.79 Å². The molecule has 0 unspecified atom stereocenters. The zero-order valence-electron chi connectivity index (χ0n) is 11.9. The van der Waals surface area contributed by atoms with Crippen LogP contribution in [-0.2, 0) is 11.2 Å². The van der Waals surface area contributed by atoms with Crippen LogP contribution in [-0.4, -0.2) is 24.0 Å². The van der Waals surface area contributed by atoms with Gasteiger partial charge in [0.25, 0.3) is 0 Å². The van der Waals surface area contributed by atoms with Crippen molar-refractivity contribution in [2.45, 2.75) is 51.1 Å². The molecule has 1 aromatic carbocycles. The van der Waals surface area contributed by atoms with Gasteiger partial charge in [-0.25, -0.2) is 0 Å². The van der Waals surface area contributed by atoms with E-state index in [0.717, 1.165) is 32.2 Å². The number of amides is 1. The molecule has 1 saturated heterocycles. The van der Waals surface area contributed by atoms with Gasteiger partial charge in [-0.3, -0.25) is 4.79 Å². The lowest BCUT2D eigenvalue weighted by Gasteiger charge is -2.28.